The summed E-state index contributed by atoms with van der Waals surface area (Å²) in [6.07, 6.45) is 4.93. The maximum absolute atomic E-state index is 6.64. The fourth-order valence-corrected chi connectivity index (χ4v) is 5.81. The predicted octanol–water partition coefficient (Wildman–Crippen LogP) is 6.25. The Morgan fingerprint density at radius 1 is 0.633 bits per heavy atom. The van der Waals surface area contributed by atoms with Crippen LogP contribution in [0.2, 0.25) is 0 Å². The fourth-order valence-electron chi connectivity index (χ4n) is 5.81. The standard InChI is InChI=1S/C28H28N2/c29-25-11-5-6-12-26(25)30-17-21-15-13-19-7-1-3-9-23(19)27(21)28-22(18-30)16-14-20-8-2-4-10-24(20)28/h1-4,7-10,13-16,25-26H,5-6,11-12,17-18,29H2/t25-,26-/m1/s1. The van der Waals surface area contributed by atoms with Crippen molar-refractivity contribution >= 4 is 21.5 Å². The summed E-state index contributed by atoms with van der Waals surface area (Å²) in [5.41, 5.74) is 12.4. The highest BCUT2D eigenvalue weighted by Crippen LogP contribution is 2.43. The van der Waals surface area contributed by atoms with Gasteiger partial charge in [-0.25, -0.2) is 0 Å². The lowest BCUT2D eigenvalue weighted by Gasteiger charge is -2.38. The zero-order valence-corrected chi connectivity index (χ0v) is 17.4. The molecule has 2 nitrogen and oxygen atoms in total. The molecule has 0 aromatic heterocycles. The fraction of sp³-hybridized carbons (Fsp3) is 0.286. The van der Waals surface area contributed by atoms with Gasteiger partial charge in [0.05, 0.1) is 0 Å². The second-order valence-electron chi connectivity index (χ2n) is 9.06. The third kappa shape index (κ3) is 2.86. The van der Waals surface area contributed by atoms with E-state index in [2.05, 4.69) is 77.7 Å². The van der Waals surface area contributed by atoms with Gasteiger partial charge in [0.2, 0.25) is 0 Å². The molecule has 2 heteroatoms. The van der Waals surface area contributed by atoms with Crippen molar-refractivity contribution in [2.45, 2.75) is 50.9 Å². The third-order valence-corrected chi connectivity index (χ3v) is 7.28. The van der Waals surface area contributed by atoms with Crippen LogP contribution in [0.25, 0.3) is 32.7 Å². The van der Waals surface area contributed by atoms with E-state index in [9.17, 15) is 0 Å². The van der Waals surface area contributed by atoms with Crippen LogP contribution in [0.5, 0.6) is 0 Å². The van der Waals surface area contributed by atoms with Crippen LogP contribution in [0.1, 0.15) is 36.8 Å². The van der Waals surface area contributed by atoms with Crippen LogP contribution in [0.15, 0.2) is 72.8 Å². The highest BCUT2D eigenvalue weighted by Gasteiger charge is 2.31. The van der Waals surface area contributed by atoms with Gasteiger partial charge in [-0.3, -0.25) is 4.90 Å². The predicted molar refractivity (Wildman–Crippen MR) is 126 cm³/mol. The van der Waals surface area contributed by atoms with E-state index in [0.717, 1.165) is 19.5 Å². The average molecular weight is 393 g/mol. The molecule has 0 unspecified atom stereocenters. The molecule has 0 saturated heterocycles. The first-order valence-corrected chi connectivity index (χ1v) is 11.3. The van der Waals surface area contributed by atoms with E-state index in [1.54, 1.807) is 0 Å². The minimum absolute atomic E-state index is 0.282. The minimum atomic E-state index is 0.282. The summed E-state index contributed by atoms with van der Waals surface area (Å²) in [7, 11) is 0. The molecule has 1 saturated carbocycles. The van der Waals surface area contributed by atoms with Crippen molar-refractivity contribution in [2.75, 3.05) is 0 Å². The zero-order valence-electron chi connectivity index (χ0n) is 17.4. The van der Waals surface area contributed by atoms with Crippen molar-refractivity contribution in [2.24, 2.45) is 5.73 Å². The normalized spacial score (nSPS) is 21.9. The molecule has 1 aliphatic carbocycles. The Morgan fingerprint density at radius 3 is 1.73 bits per heavy atom. The molecule has 4 aromatic carbocycles. The average Bonchev–Trinajstić information content (AvgIpc) is 2.96. The molecule has 1 heterocycles. The molecule has 2 aliphatic rings. The Kier molecular flexibility index (Phi) is 4.36. The second kappa shape index (κ2) is 7.23. The summed E-state index contributed by atoms with van der Waals surface area (Å²) in [5, 5.41) is 5.36. The Balaban J connectivity index is 1.64. The van der Waals surface area contributed by atoms with Gasteiger partial charge in [-0.1, -0.05) is 85.6 Å². The molecule has 0 amide bonds. The van der Waals surface area contributed by atoms with E-state index in [-0.39, 0.29) is 6.04 Å². The molecule has 2 N–H and O–H groups in total. The summed E-state index contributed by atoms with van der Waals surface area (Å²) < 4.78 is 0. The van der Waals surface area contributed by atoms with Crippen molar-refractivity contribution in [1.29, 1.82) is 0 Å². The van der Waals surface area contributed by atoms with Crippen LogP contribution in [-0.4, -0.2) is 17.0 Å². The largest absolute Gasteiger partial charge is 0.326 e. The number of nitrogens with zero attached hydrogens (tertiary/aromatic N) is 1. The molecule has 1 aliphatic heterocycles. The van der Waals surface area contributed by atoms with E-state index in [0.29, 0.717) is 6.04 Å². The lowest BCUT2D eigenvalue weighted by atomic mass is 9.88. The summed E-state index contributed by atoms with van der Waals surface area (Å²) in [5.74, 6) is 0. The Labute approximate surface area is 178 Å². The smallest absolute Gasteiger partial charge is 0.0254 e. The van der Waals surface area contributed by atoms with Crippen LogP contribution < -0.4 is 5.73 Å². The molecular formula is C28H28N2. The zero-order chi connectivity index (χ0) is 20.1. The third-order valence-electron chi connectivity index (χ3n) is 7.28. The maximum Gasteiger partial charge on any atom is 0.0254 e. The van der Waals surface area contributed by atoms with E-state index < -0.39 is 0 Å². The van der Waals surface area contributed by atoms with Gasteiger partial charge in [-0.15, -0.1) is 0 Å². The Hall–Kier alpha value is -2.68. The van der Waals surface area contributed by atoms with Crippen LogP contribution in [-0.2, 0) is 13.1 Å². The molecule has 30 heavy (non-hydrogen) atoms. The van der Waals surface area contributed by atoms with Crippen LogP contribution in [0.3, 0.4) is 0 Å². The number of hydrogen-bond donors (Lipinski definition) is 1. The van der Waals surface area contributed by atoms with Crippen molar-refractivity contribution in [3.8, 4) is 11.1 Å². The van der Waals surface area contributed by atoms with Gasteiger partial charge < -0.3 is 5.73 Å². The van der Waals surface area contributed by atoms with Crippen molar-refractivity contribution in [3.63, 3.8) is 0 Å². The summed E-state index contributed by atoms with van der Waals surface area (Å²) >= 11 is 0. The van der Waals surface area contributed by atoms with Crippen LogP contribution in [0.4, 0.5) is 0 Å². The number of benzene rings is 4. The lowest BCUT2D eigenvalue weighted by Crippen LogP contribution is -2.48. The molecule has 150 valence electrons. The number of hydrogen-bond acceptors (Lipinski definition) is 2. The first kappa shape index (κ1) is 18.1. The van der Waals surface area contributed by atoms with Gasteiger partial charge >= 0.3 is 0 Å². The maximum atomic E-state index is 6.64. The van der Waals surface area contributed by atoms with Gasteiger partial charge in [0, 0.05) is 25.2 Å². The van der Waals surface area contributed by atoms with Gasteiger partial charge in [0.15, 0.2) is 0 Å². The first-order chi connectivity index (χ1) is 14.8. The number of fused-ring (bicyclic) bond motifs is 7. The van der Waals surface area contributed by atoms with Gasteiger partial charge in [0.25, 0.3) is 0 Å². The summed E-state index contributed by atoms with van der Waals surface area (Å²) in [6.45, 7) is 1.95. The van der Waals surface area contributed by atoms with Crippen LogP contribution >= 0.6 is 0 Å². The molecule has 0 radical (unpaired) electrons. The minimum Gasteiger partial charge on any atom is -0.326 e. The van der Waals surface area contributed by atoms with E-state index in [1.807, 2.05) is 0 Å². The summed E-state index contributed by atoms with van der Waals surface area (Å²) in [6, 6.07) is 27.7. The number of nitrogens with two attached hydrogens (primary N) is 1. The van der Waals surface area contributed by atoms with Crippen molar-refractivity contribution < 1.29 is 0 Å². The van der Waals surface area contributed by atoms with Gasteiger partial charge in [0.1, 0.15) is 0 Å². The van der Waals surface area contributed by atoms with E-state index >= 15 is 0 Å². The van der Waals surface area contributed by atoms with Gasteiger partial charge in [-0.05, 0) is 56.6 Å². The molecule has 0 bridgehead atoms. The molecule has 6 rings (SSSR count). The van der Waals surface area contributed by atoms with E-state index in [1.165, 1.54) is 63.1 Å². The second-order valence-corrected chi connectivity index (χ2v) is 9.06. The van der Waals surface area contributed by atoms with Crippen LogP contribution in [0, 0.1) is 0 Å². The summed E-state index contributed by atoms with van der Waals surface area (Å²) in [4.78, 5) is 2.66. The lowest BCUT2D eigenvalue weighted by molar-refractivity contribution is 0.123. The molecule has 2 atom stereocenters. The van der Waals surface area contributed by atoms with Gasteiger partial charge in [-0.2, -0.15) is 0 Å². The topological polar surface area (TPSA) is 29.3 Å². The number of rotatable bonds is 1. The van der Waals surface area contributed by atoms with E-state index in [4.69, 9.17) is 5.73 Å². The highest BCUT2D eigenvalue weighted by atomic mass is 15.2. The van der Waals surface area contributed by atoms with Crippen molar-refractivity contribution in [1.82, 2.24) is 4.90 Å². The SMILES string of the molecule is N[C@@H]1CCCC[C@H]1N1Cc2ccc3ccccc3c2-c2c(ccc3ccccc23)C1. The monoisotopic (exact) mass is 392 g/mol. The molecular weight excluding hydrogens is 364 g/mol. The van der Waals surface area contributed by atoms with Crippen molar-refractivity contribution in [3.05, 3.63) is 83.9 Å². The Bertz CT molecular complexity index is 1150. The quantitative estimate of drug-likeness (QED) is 0.415. The first-order valence-electron chi connectivity index (χ1n) is 11.3. The Morgan fingerprint density at radius 2 is 1.17 bits per heavy atom. The highest BCUT2D eigenvalue weighted by molar-refractivity contribution is 6.08. The molecule has 1 fully saturated rings. The molecule has 0 spiro atoms. The molecule has 4 aromatic rings.